The molecule has 1 heterocycles. The van der Waals surface area contributed by atoms with E-state index in [0.29, 0.717) is 12.2 Å². The number of thiophene rings is 1. The van der Waals surface area contributed by atoms with E-state index in [1.165, 1.54) is 17.0 Å². The lowest BCUT2D eigenvalue weighted by molar-refractivity contribution is 0.0697. The minimum Gasteiger partial charge on any atom is -0.478 e. The summed E-state index contributed by atoms with van der Waals surface area (Å²) in [6.07, 6.45) is 0.766. The first kappa shape index (κ1) is 15.5. The molecule has 0 aliphatic carbocycles. The number of carbonyl (C=O) groups is 2. The van der Waals surface area contributed by atoms with Crippen LogP contribution in [0.2, 0.25) is 0 Å². The van der Waals surface area contributed by atoms with Gasteiger partial charge in [-0.3, -0.25) is 0 Å². The molecule has 0 unspecified atom stereocenters. The van der Waals surface area contributed by atoms with Gasteiger partial charge in [0, 0.05) is 17.1 Å². The average molecular weight is 369 g/mol. The average Bonchev–Trinajstić information content (AvgIpc) is 2.85. The van der Waals surface area contributed by atoms with Gasteiger partial charge in [0.15, 0.2) is 0 Å². The molecule has 1 aromatic heterocycles. The number of halogens is 1. The van der Waals surface area contributed by atoms with Crippen molar-refractivity contribution >= 4 is 45.0 Å². The lowest BCUT2D eigenvalue weighted by Crippen LogP contribution is -2.30. The first-order valence-corrected chi connectivity index (χ1v) is 7.78. The molecule has 1 aromatic carbocycles. The molecule has 0 saturated heterocycles. The highest BCUT2D eigenvalue weighted by atomic mass is 79.9. The second kappa shape index (κ2) is 7.24. The van der Waals surface area contributed by atoms with Crippen molar-refractivity contribution < 1.29 is 14.7 Å². The maximum absolute atomic E-state index is 11.7. The minimum atomic E-state index is -0.992. The van der Waals surface area contributed by atoms with Crippen LogP contribution in [0.15, 0.2) is 40.2 Å². The number of hydrogen-bond donors (Lipinski definition) is 3. The number of hydrogen-bond acceptors (Lipinski definition) is 3. The van der Waals surface area contributed by atoms with Crippen molar-refractivity contribution in [3.8, 4) is 0 Å². The highest BCUT2D eigenvalue weighted by Crippen LogP contribution is 2.22. The second-order valence-electron chi connectivity index (χ2n) is 4.22. The third-order valence-electron chi connectivity index (χ3n) is 2.68. The molecule has 110 valence electrons. The molecule has 0 radical (unpaired) electrons. The highest BCUT2D eigenvalue weighted by Gasteiger charge is 2.05. The fraction of sp³-hybridized carbons (Fsp3) is 0.143. The first-order valence-electron chi connectivity index (χ1n) is 6.17. The third kappa shape index (κ3) is 4.87. The van der Waals surface area contributed by atoms with Gasteiger partial charge in [0.25, 0.3) is 0 Å². The Morgan fingerprint density at radius 1 is 1.14 bits per heavy atom. The molecule has 0 saturated carbocycles. The number of urea groups is 1. The van der Waals surface area contributed by atoms with Gasteiger partial charge in [-0.15, -0.1) is 11.3 Å². The van der Waals surface area contributed by atoms with Crippen molar-refractivity contribution in [2.24, 2.45) is 0 Å². The van der Waals surface area contributed by atoms with Gasteiger partial charge in [-0.05, 0) is 58.7 Å². The van der Waals surface area contributed by atoms with Crippen molar-refractivity contribution in [2.75, 3.05) is 11.9 Å². The number of anilines is 1. The Hall–Kier alpha value is -1.86. The molecule has 2 rings (SSSR count). The lowest BCUT2D eigenvalue weighted by atomic mass is 10.2. The lowest BCUT2D eigenvalue weighted by Gasteiger charge is -2.07. The summed E-state index contributed by atoms with van der Waals surface area (Å²) in [5.41, 5.74) is 0.737. The van der Waals surface area contributed by atoms with Gasteiger partial charge in [-0.1, -0.05) is 0 Å². The molecule has 0 aliphatic heterocycles. The van der Waals surface area contributed by atoms with E-state index in [1.807, 2.05) is 12.1 Å². The number of benzene rings is 1. The summed E-state index contributed by atoms with van der Waals surface area (Å²) in [6, 6.07) is 9.68. The molecule has 0 atom stereocenters. The van der Waals surface area contributed by atoms with Crippen LogP contribution in [-0.4, -0.2) is 23.7 Å². The Morgan fingerprint density at radius 3 is 2.43 bits per heavy atom. The van der Waals surface area contributed by atoms with Crippen molar-refractivity contribution in [3.05, 3.63) is 50.6 Å². The van der Waals surface area contributed by atoms with Crippen LogP contribution in [-0.2, 0) is 6.42 Å². The third-order valence-corrected chi connectivity index (χ3v) is 4.36. The van der Waals surface area contributed by atoms with Crippen molar-refractivity contribution in [3.63, 3.8) is 0 Å². The van der Waals surface area contributed by atoms with E-state index in [4.69, 9.17) is 5.11 Å². The fourth-order valence-electron chi connectivity index (χ4n) is 1.66. The summed E-state index contributed by atoms with van der Waals surface area (Å²) in [5.74, 6) is -0.992. The molecular weight excluding hydrogens is 356 g/mol. The minimum absolute atomic E-state index is 0.184. The highest BCUT2D eigenvalue weighted by molar-refractivity contribution is 9.11. The maximum Gasteiger partial charge on any atom is 0.335 e. The molecule has 0 aliphatic rings. The van der Waals surface area contributed by atoms with E-state index >= 15 is 0 Å². The van der Waals surface area contributed by atoms with Crippen LogP contribution in [0.1, 0.15) is 15.2 Å². The summed E-state index contributed by atoms with van der Waals surface area (Å²) in [7, 11) is 0. The number of carboxylic acids is 1. The summed E-state index contributed by atoms with van der Waals surface area (Å²) in [4.78, 5) is 23.6. The van der Waals surface area contributed by atoms with Crippen LogP contribution in [0.3, 0.4) is 0 Å². The van der Waals surface area contributed by atoms with Gasteiger partial charge < -0.3 is 15.7 Å². The molecule has 0 spiro atoms. The van der Waals surface area contributed by atoms with E-state index in [0.717, 1.165) is 10.2 Å². The Morgan fingerprint density at radius 2 is 1.86 bits per heavy atom. The van der Waals surface area contributed by atoms with Crippen LogP contribution >= 0.6 is 27.3 Å². The van der Waals surface area contributed by atoms with E-state index < -0.39 is 5.97 Å². The van der Waals surface area contributed by atoms with Crippen LogP contribution in [0.4, 0.5) is 10.5 Å². The number of amides is 2. The largest absolute Gasteiger partial charge is 0.478 e. The van der Waals surface area contributed by atoms with Crippen molar-refractivity contribution in [1.82, 2.24) is 5.32 Å². The quantitative estimate of drug-likeness (QED) is 0.754. The zero-order valence-corrected chi connectivity index (χ0v) is 13.3. The van der Waals surface area contributed by atoms with E-state index in [9.17, 15) is 9.59 Å². The summed E-state index contributed by atoms with van der Waals surface area (Å²) < 4.78 is 1.07. The molecule has 2 aromatic rings. The second-order valence-corrected chi connectivity index (χ2v) is 6.77. The Bertz CT molecular complexity index is 640. The molecule has 7 heteroatoms. The number of nitrogens with one attached hydrogen (secondary N) is 2. The maximum atomic E-state index is 11.7. The molecule has 0 bridgehead atoms. The molecule has 5 nitrogen and oxygen atoms in total. The first-order chi connectivity index (χ1) is 10.0. The van der Waals surface area contributed by atoms with E-state index in [-0.39, 0.29) is 11.6 Å². The molecular formula is C14H13BrN2O3S. The molecule has 2 amide bonds. The van der Waals surface area contributed by atoms with Crippen LogP contribution < -0.4 is 10.6 Å². The zero-order chi connectivity index (χ0) is 15.2. The van der Waals surface area contributed by atoms with Crippen molar-refractivity contribution in [1.29, 1.82) is 0 Å². The number of aromatic carboxylic acids is 1. The standard InChI is InChI=1S/C14H13BrN2O3S/c15-12-6-5-11(21-12)7-8-16-14(20)17-10-3-1-9(2-4-10)13(18)19/h1-6H,7-8H2,(H,18,19)(H2,16,17,20). The van der Waals surface area contributed by atoms with E-state index in [2.05, 4.69) is 26.6 Å². The Balaban J connectivity index is 1.77. The van der Waals surface area contributed by atoms with Gasteiger partial charge in [-0.2, -0.15) is 0 Å². The van der Waals surface area contributed by atoms with E-state index in [1.54, 1.807) is 23.5 Å². The molecule has 21 heavy (non-hydrogen) atoms. The van der Waals surface area contributed by atoms with Crippen LogP contribution in [0.5, 0.6) is 0 Å². The number of carboxylic acid groups (broad SMARTS) is 1. The smallest absolute Gasteiger partial charge is 0.335 e. The summed E-state index contributed by atoms with van der Waals surface area (Å²) in [5, 5.41) is 14.2. The fourth-order valence-corrected chi connectivity index (χ4v) is 3.14. The van der Waals surface area contributed by atoms with Crippen LogP contribution in [0, 0.1) is 0 Å². The van der Waals surface area contributed by atoms with Gasteiger partial charge in [0.1, 0.15) is 0 Å². The zero-order valence-electron chi connectivity index (χ0n) is 10.9. The SMILES string of the molecule is O=C(NCCc1ccc(Br)s1)Nc1ccc(C(=O)O)cc1. The Kier molecular flexibility index (Phi) is 5.35. The molecule has 0 fully saturated rings. The predicted molar refractivity (Wildman–Crippen MR) is 86.1 cm³/mol. The van der Waals surface area contributed by atoms with Gasteiger partial charge >= 0.3 is 12.0 Å². The summed E-state index contributed by atoms with van der Waals surface area (Å²) >= 11 is 5.03. The molecule has 3 N–H and O–H groups in total. The number of carbonyl (C=O) groups excluding carboxylic acids is 1. The normalized spacial score (nSPS) is 10.1. The van der Waals surface area contributed by atoms with Crippen LogP contribution in [0.25, 0.3) is 0 Å². The monoisotopic (exact) mass is 368 g/mol. The van der Waals surface area contributed by atoms with Crippen molar-refractivity contribution in [2.45, 2.75) is 6.42 Å². The van der Waals surface area contributed by atoms with Gasteiger partial charge in [0.05, 0.1) is 9.35 Å². The predicted octanol–water partition coefficient (Wildman–Crippen LogP) is 3.57. The van der Waals surface area contributed by atoms with Gasteiger partial charge in [0.2, 0.25) is 0 Å². The number of rotatable bonds is 5. The summed E-state index contributed by atoms with van der Waals surface area (Å²) in [6.45, 7) is 0.534. The topological polar surface area (TPSA) is 78.4 Å². The van der Waals surface area contributed by atoms with Gasteiger partial charge in [-0.25, -0.2) is 9.59 Å². The Labute approximate surface area is 134 Å².